The summed E-state index contributed by atoms with van der Waals surface area (Å²) in [4.78, 5) is 8.55. The molecule has 16 heavy (non-hydrogen) atoms. The average Bonchev–Trinajstić information content (AvgIpc) is 2.31. The highest BCUT2D eigenvalue weighted by Crippen LogP contribution is 2.24. The fourth-order valence-corrected chi connectivity index (χ4v) is 1.56. The first-order valence-corrected chi connectivity index (χ1v) is 5.46. The molecule has 0 amide bonds. The van der Waals surface area contributed by atoms with E-state index in [0.717, 1.165) is 23.5 Å². The molecule has 0 aliphatic heterocycles. The summed E-state index contributed by atoms with van der Waals surface area (Å²) < 4.78 is 0. The van der Waals surface area contributed by atoms with Crippen molar-refractivity contribution < 1.29 is 0 Å². The van der Waals surface area contributed by atoms with E-state index in [1.807, 2.05) is 31.2 Å². The summed E-state index contributed by atoms with van der Waals surface area (Å²) in [5.41, 5.74) is 8.16. The summed E-state index contributed by atoms with van der Waals surface area (Å²) in [7, 11) is 0. The maximum absolute atomic E-state index is 5.86. The van der Waals surface area contributed by atoms with E-state index < -0.39 is 0 Å². The molecule has 1 aromatic heterocycles. The number of nitrogens with zero attached hydrogens (tertiary/aromatic N) is 2. The minimum Gasteiger partial charge on any atom is -0.396 e. The predicted molar refractivity (Wildman–Crippen MR) is 66.3 cm³/mol. The lowest BCUT2D eigenvalue weighted by Crippen LogP contribution is -1.99. The molecule has 0 aliphatic rings. The van der Waals surface area contributed by atoms with Crippen molar-refractivity contribution in [2.75, 3.05) is 5.73 Å². The summed E-state index contributed by atoms with van der Waals surface area (Å²) in [6.45, 7) is 2.01. The molecule has 2 aromatic rings. The Labute approximate surface area is 99.3 Å². The van der Waals surface area contributed by atoms with Gasteiger partial charge in [0, 0.05) is 17.0 Å². The Morgan fingerprint density at radius 2 is 1.94 bits per heavy atom. The number of rotatable bonds is 2. The molecule has 0 aliphatic carbocycles. The van der Waals surface area contributed by atoms with Crippen LogP contribution in [0.25, 0.3) is 11.3 Å². The number of benzene rings is 1. The second-order valence-corrected chi connectivity index (χ2v) is 3.89. The van der Waals surface area contributed by atoms with Crippen LogP contribution in [0.2, 0.25) is 5.02 Å². The Hall–Kier alpha value is -1.61. The van der Waals surface area contributed by atoms with E-state index in [1.165, 1.54) is 0 Å². The molecule has 1 heterocycles. The predicted octanol–water partition coefficient (Wildman–Crippen LogP) is 2.94. The van der Waals surface area contributed by atoms with E-state index in [1.54, 1.807) is 6.20 Å². The zero-order valence-electron chi connectivity index (χ0n) is 8.94. The van der Waals surface area contributed by atoms with E-state index in [2.05, 4.69) is 9.97 Å². The first-order valence-electron chi connectivity index (χ1n) is 5.08. The maximum atomic E-state index is 5.86. The molecule has 2 N–H and O–H groups in total. The van der Waals surface area contributed by atoms with Gasteiger partial charge in [-0.05, 0) is 12.1 Å². The Balaban J connectivity index is 2.50. The number of aryl methyl sites for hydroxylation is 1. The Morgan fingerprint density at radius 1 is 1.25 bits per heavy atom. The summed E-state index contributed by atoms with van der Waals surface area (Å²) >= 11 is 5.83. The van der Waals surface area contributed by atoms with Gasteiger partial charge in [-0.25, -0.2) is 9.97 Å². The highest BCUT2D eigenvalue weighted by Gasteiger charge is 2.06. The van der Waals surface area contributed by atoms with Gasteiger partial charge >= 0.3 is 0 Å². The largest absolute Gasteiger partial charge is 0.396 e. The van der Waals surface area contributed by atoms with E-state index in [0.29, 0.717) is 10.7 Å². The van der Waals surface area contributed by atoms with Crippen LogP contribution in [0.4, 0.5) is 5.69 Å². The lowest BCUT2D eigenvalue weighted by molar-refractivity contribution is 0.945. The number of hydrogen-bond acceptors (Lipinski definition) is 3. The molecule has 2 rings (SSSR count). The summed E-state index contributed by atoms with van der Waals surface area (Å²) in [6.07, 6.45) is 2.44. The van der Waals surface area contributed by atoms with Crippen LogP contribution in [-0.4, -0.2) is 9.97 Å². The topological polar surface area (TPSA) is 51.8 Å². The molecule has 1 aromatic carbocycles. The van der Waals surface area contributed by atoms with E-state index in [-0.39, 0.29) is 0 Å². The van der Waals surface area contributed by atoms with Crippen molar-refractivity contribution in [3.8, 4) is 11.3 Å². The van der Waals surface area contributed by atoms with Gasteiger partial charge in [0.1, 0.15) is 5.82 Å². The molecule has 0 radical (unpaired) electrons. The van der Waals surface area contributed by atoms with Gasteiger partial charge in [0.05, 0.1) is 17.6 Å². The van der Waals surface area contributed by atoms with Crippen molar-refractivity contribution in [2.24, 2.45) is 0 Å². The van der Waals surface area contributed by atoms with Crippen molar-refractivity contribution in [3.05, 3.63) is 41.3 Å². The first-order chi connectivity index (χ1) is 7.70. The van der Waals surface area contributed by atoms with Gasteiger partial charge in [0.2, 0.25) is 0 Å². The van der Waals surface area contributed by atoms with Crippen molar-refractivity contribution in [1.82, 2.24) is 9.97 Å². The number of hydrogen-bond donors (Lipinski definition) is 1. The monoisotopic (exact) mass is 233 g/mol. The van der Waals surface area contributed by atoms with Crippen LogP contribution in [0.5, 0.6) is 0 Å². The number of aromatic nitrogens is 2. The molecule has 0 saturated carbocycles. The van der Waals surface area contributed by atoms with Crippen molar-refractivity contribution >= 4 is 17.3 Å². The molecule has 82 valence electrons. The quantitative estimate of drug-likeness (QED) is 0.868. The second-order valence-electron chi connectivity index (χ2n) is 3.45. The van der Waals surface area contributed by atoms with Crippen molar-refractivity contribution in [2.45, 2.75) is 13.3 Å². The lowest BCUT2D eigenvalue weighted by atomic mass is 10.1. The van der Waals surface area contributed by atoms with Crippen molar-refractivity contribution in [3.63, 3.8) is 0 Å². The van der Waals surface area contributed by atoms with Crippen LogP contribution >= 0.6 is 11.6 Å². The normalized spacial score (nSPS) is 10.4. The molecule has 0 bridgehead atoms. The number of nitrogen functional groups attached to an aromatic ring is 1. The summed E-state index contributed by atoms with van der Waals surface area (Å²) in [6, 6.07) is 7.45. The van der Waals surface area contributed by atoms with Gasteiger partial charge in [0.15, 0.2) is 0 Å². The number of anilines is 1. The number of halogens is 1. The second kappa shape index (κ2) is 4.49. The van der Waals surface area contributed by atoms with E-state index in [4.69, 9.17) is 17.3 Å². The molecule has 0 saturated heterocycles. The first kappa shape index (κ1) is 10.9. The fourth-order valence-electron chi connectivity index (χ4n) is 1.44. The highest BCUT2D eigenvalue weighted by atomic mass is 35.5. The average molecular weight is 234 g/mol. The molecule has 0 fully saturated rings. The van der Waals surface area contributed by atoms with Crippen molar-refractivity contribution in [1.29, 1.82) is 0 Å². The highest BCUT2D eigenvalue weighted by molar-refractivity contribution is 6.30. The molecule has 0 spiro atoms. The minimum absolute atomic E-state index is 0.583. The third kappa shape index (κ3) is 2.14. The minimum atomic E-state index is 0.583. The van der Waals surface area contributed by atoms with E-state index >= 15 is 0 Å². The van der Waals surface area contributed by atoms with Gasteiger partial charge in [0.25, 0.3) is 0 Å². The molecule has 3 nitrogen and oxygen atoms in total. The molecular weight excluding hydrogens is 222 g/mol. The smallest absolute Gasteiger partial charge is 0.128 e. The molecule has 0 unspecified atom stereocenters. The van der Waals surface area contributed by atoms with Gasteiger partial charge in [-0.2, -0.15) is 0 Å². The van der Waals surface area contributed by atoms with Gasteiger partial charge < -0.3 is 5.73 Å². The van der Waals surface area contributed by atoms with Crippen LogP contribution in [0, 0.1) is 0 Å². The Kier molecular flexibility index (Phi) is 3.06. The number of nitrogens with two attached hydrogens (primary N) is 1. The van der Waals surface area contributed by atoms with Crippen LogP contribution < -0.4 is 5.73 Å². The summed E-state index contributed by atoms with van der Waals surface area (Å²) in [5, 5.41) is 0.701. The molecular formula is C12H12ClN3. The zero-order chi connectivity index (χ0) is 11.5. The Morgan fingerprint density at radius 3 is 2.56 bits per heavy atom. The van der Waals surface area contributed by atoms with Gasteiger partial charge in [-0.1, -0.05) is 30.7 Å². The maximum Gasteiger partial charge on any atom is 0.128 e. The SMILES string of the molecule is CCc1ncc(N)c(-c2ccc(Cl)cc2)n1. The molecule has 4 heteroatoms. The zero-order valence-corrected chi connectivity index (χ0v) is 9.70. The standard InChI is InChI=1S/C12H12ClN3/c1-2-11-15-7-10(14)12(16-11)8-3-5-9(13)6-4-8/h3-7H,2,14H2,1H3. The third-order valence-corrected chi connectivity index (χ3v) is 2.55. The van der Waals surface area contributed by atoms with E-state index in [9.17, 15) is 0 Å². The van der Waals surface area contributed by atoms with Crippen LogP contribution in [0.3, 0.4) is 0 Å². The van der Waals surface area contributed by atoms with Crippen LogP contribution in [-0.2, 0) is 6.42 Å². The fraction of sp³-hybridized carbons (Fsp3) is 0.167. The molecule has 0 atom stereocenters. The van der Waals surface area contributed by atoms with Crippen LogP contribution in [0.1, 0.15) is 12.7 Å². The van der Waals surface area contributed by atoms with Gasteiger partial charge in [-0.3, -0.25) is 0 Å². The lowest BCUT2D eigenvalue weighted by Gasteiger charge is -2.06. The summed E-state index contributed by atoms with van der Waals surface area (Å²) in [5.74, 6) is 0.791. The van der Waals surface area contributed by atoms with Crippen LogP contribution in [0.15, 0.2) is 30.5 Å². The third-order valence-electron chi connectivity index (χ3n) is 2.30. The van der Waals surface area contributed by atoms with Gasteiger partial charge in [-0.15, -0.1) is 0 Å². The Bertz CT molecular complexity index is 494.